The largest absolute Gasteiger partial charge is 0.341 e. The van der Waals surface area contributed by atoms with E-state index in [1.54, 1.807) is 17.0 Å². The molecule has 0 N–H and O–H groups in total. The van der Waals surface area contributed by atoms with Gasteiger partial charge in [0.05, 0.1) is 4.90 Å². The molecule has 0 radical (unpaired) electrons. The summed E-state index contributed by atoms with van der Waals surface area (Å²) >= 11 is 0. The van der Waals surface area contributed by atoms with Crippen molar-refractivity contribution < 1.29 is 18.0 Å². The average molecular weight is 364 g/mol. The number of hydrogen-bond donors (Lipinski definition) is 0. The maximum absolute atomic E-state index is 12.7. The molecule has 1 aliphatic carbocycles. The molecule has 0 spiro atoms. The molecule has 0 unspecified atom stereocenters. The third kappa shape index (κ3) is 4.03. The molecule has 2 amide bonds. The van der Waals surface area contributed by atoms with E-state index in [4.69, 9.17) is 0 Å². The molecule has 2 aliphatic rings. The van der Waals surface area contributed by atoms with E-state index in [-0.39, 0.29) is 22.6 Å². The smallest absolute Gasteiger partial charge is 0.253 e. The van der Waals surface area contributed by atoms with Gasteiger partial charge in [-0.05, 0) is 43.5 Å². The summed E-state index contributed by atoms with van der Waals surface area (Å²) in [6, 6.07) is 6.04. The van der Waals surface area contributed by atoms with E-state index >= 15 is 0 Å². The zero-order valence-corrected chi connectivity index (χ0v) is 15.3. The first-order valence-corrected chi connectivity index (χ1v) is 10.6. The van der Waals surface area contributed by atoms with Crippen molar-refractivity contribution in [2.45, 2.75) is 30.6 Å². The summed E-state index contributed by atoms with van der Waals surface area (Å²) in [4.78, 5) is 28.9. The first-order chi connectivity index (χ1) is 11.9. The molecule has 1 aromatic rings. The lowest BCUT2D eigenvalue weighted by atomic mass is 9.84. The van der Waals surface area contributed by atoms with Crippen LogP contribution in [0.3, 0.4) is 0 Å². The van der Waals surface area contributed by atoms with Crippen LogP contribution in [-0.4, -0.2) is 62.5 Å². The maximum atomic E-state index is 12.7. The fourth-order valence-corrected chi connectivity index (χ4v) is 3.91. The molecule has 1 heterocycles. The fraction of sp³-hybridized carbons (Fsp3) is 0.556. The lowest BCUT2D eigenvalue weighted by molar-refractivity contribution is -0.138. The van der Waals surface area contributed by atoms with E-state index in [9.17, 15) is 18.0 Å². The van der Waals surface area contributed by atoms with Crippen LogP contribution in [-0.2, 0) is 14.6 Å². The zero-order chi connectivity index (χ0) is 18.0. The minimum absolute atomic E-state index is 0.113. The van der Waals surface area contributed by atoms with Crippen LogP contribution < -0.4 is 0 Å². The van der Waals surface area contributed by atoms with Crippen molar-refractivity contribution in [2.24, 2.45) is 5.92 Å². The first kappa shape index (κ1) is 17.9. The predicted molar refractivity (Wildman–Crippen MR) is 94.0 cm³/mol. The molecule has 7 heteroatoms. The number of amides is 2. The van der Waals surface area contributed by atoms with E-state index in [0.29, 0.717) is 31.7 Å². The molecule has 25 heavy (non-hydrogen) atoms. The normalized spacial score (nSPS) is 19.2. The molecule has 136 valence electrons. The van der Waals surface area contributed by atoms with Gasteiger partial charge in [-0.2, -0.15) is 0 Å². The summed E-state index contributed by atoms with van der Waals surface area (Å²) in [5.74, 6) is 0.307. The molecule has 6 nitrogen and oxygen atoms in total. The monoisotopic (exact) mass is 364 g/mol. The quantitative estimate of drug-likeness (QED) is 0.816. The van der Waals surface area contributed by atoms with Gasteiger partial charge in [-0.15, -0.1) is 0 Å². The Labute approximate surface area is 148 Å². The van der Waals surface area contributed by atoms with Crippen LogP contribution in [0.1, 0.15) is 36.0 Å². The van der Waals surface area contributed by atoms with Gasteiger partial charge in [0.1, 0.15) is 0 Å². The SMILES string of the molecule is CS(=O)(=O)c1ccc(C(=O)N2CCCN(C(=O)C3CCC3)CC2)cc1. The minimum atomic E-state index is -3.27. The summed E-state index contributed by atoms with van der Waals surface area (Å²) in [5.41, 5.74) is 0.478. The highest BCUT2D eigenvalue weighted by Gasteiger charge is 2.31. The second-order valence-corrected chi connectivity index (χ2v) is 8.91. The Morgan fingerprint density at radius 2 is 1.52 bits per heavy atom. The van der Waals surface area contributed by atoms with Gasteiger partial charge in [0.15, 0.2) is 9.84 Å². The van der Waals surface area contributed by atoms with Crippen LogP contribution in [0.25, 0.3) is 0 Å². The fourth-order valence-electron chi connectivity index (χ4n) is 3.28. The molecule has 2 fully saturated rings. The molecular weight excluding hydrogens is 340 g/mol. The Bertz CT molecular complexity index is 754. The van der Waals surface area contributed by atoms with Gasteiger partial charge in [-0.25, -0.2) is 8.42 Å². The Balaban J connectivity index is 1.63. The van der Waals surface area contributed by atoms with Crippen LogP contribution in [0.5, 0.6) is 0 Å². The van der Waals surface area contributed by atoms with Gasteiger partial charge in [0.2, 0.25) is 5.91 Å². The average Bonchev–Trinajstić information content (AvgIpc) is 2.78. The first-order valence-electron chi connectivity index (χ1n) is 8.74. The van der Waals surface area contributed by atoms with E-state index in [1.165, 1.54) is 12.1 Å². The zero-order valence-electron chi connectivity index (χ0n) is 14.5. The van der Waals surface area contributed by atoms with Crippen LogP contribution in [0.2, 0.25) is 0 Å². The molecule has 0 bridgehead atoms. The third-order valence-electron chi connectivity index (χ3n) is 5.08. The Kier molecular flexibility index (Phi) is 5.13. The molecule has 3 rings (SSSR count). The van der Waals surface area contributed by atoms with E-state index in [0.717, 1.165) is 31.9 Å². The molecule has 0 atom stereocenters. The Morgan fingerprint density at radius 3 is 2.08 bits per heavy atom. The number of hydrogen-bond acceptors (Lipinski definition) is 4. The number of rotatable bonds is 3. The molecule has 1 aromatic carbocycles. The minimum Gasteiger partial charge on any atom is -0.341 e. The van der Waals surface area contributed by atoms with Gasteiger partial charge in [-0.1, -0.05) is 6.42 Å². The van der Waals surface area contributed by atoms with Gasteiger partial charge in [-0.3, -0.25) is 9.59 Å². The number of carbonyl (C=O) groups is 2. The van der Waals surface area contributed by atoms with Gasteiger partial charge in [0, 0.05) is 43.9 Å². The van der Waals surface area contributed by atoms with Crippen molar-refractivity contribution in [3.63, 3.8) is 0 Å². The number of benzene rings is 1. The molecule has 1 saturated heterocycles. The standard InChI is InChI=1S/C18H24N2O4S/c1-25(23,24)16-8-6-15(7-9-16)18(22)20-11-3-10-19(12-13-20)17(21)14-4-2-5-14/h6-9,14H,2-5,10-13H2,1H3. The predicted octanol–water partition coefficient (Wildman–Crippen LogP) is 1.56. The maximum Gasteiger partial charge on any atom is 0.253 e. The highest BCUT2D eigenvalue weighted by Crippen LogP contribution is 2.28. The summed E-state index contributed by atoms with van der Waals surface area (Å²) in [7, 11) is -3.27. The second-order valence-electron chi connectivity index (χ2n) is 6.90. The Morgan fingerprint density at radius 1 is 0.920 bits per heavy atom. The van der Waals surface area contributed by atoms with Crippen LogP contribution in [0.4, 0.5) is 0 Å². The number of sulfone groups is 1. The van der Waals surface area contributed by atoms with Gasteiger partial charge < -0.3 is 9.80 Å². The second kappa shape index (κ2) is 7.15. The van der Waals surface area contributed by atoms with Crippen LogP contribution >= 0.6 is 0 Å². The van der Waals surface area contributed by atoms with E-state index in [2.05, 4.69) is 0 Å². The van der Waals surface area contributed by atoms with Crippen molar-refractivity contribution in [1.82, 2.24) is 9.80 Å². The topological polar surface area (TPSA) is 74.8 Å². The molecule has 1 aliphatic heterocycles. The summed E-state index contributed by atoms with van der Waals surface area (Å²) in [5, 5.41) is 0. The summed E-state index contributed by atoms with van der Waals surface area (Å²) in [6.45, 7) is 2.40. The number of nitrogens with zero attached hydrogens (tertiary/aromatic N) is 2. The van der Waals surface area contributed by atoms with Gasteiger partial charge >= 0.3 is 0 Å². The molecular formula is C18H24N2O4S. The third-order valence-corrected chi connectivity index (χ3v) is 6.21. The Hall–Kier alpha value is -1.89. The molecule has 1 saturated carbocycles. The van der Waals surface area contributed by atoms with E-state index < -0.39 is 9.84 Å². The van der Waals surface area contributed by atoms with Crippen molar-refractivity contribution in [3.05, 3.63) is 29.8 Å². The highest BCUT2D eigenvalue weighted by molar-refractivity contribution is 7.90. The van der Waals surface area contributed by atoms with Crippen LogP contribution in [0.15, 0.2) is 29.2 Å². The van der Waals surface area contributed by atoms with Crippen molar-refractivity contribution in [1.29, 1.82) is 0 Å². The summed E-state index contributed by atoms with van der Waals surface area (Å²) in [6.07, 6.45) is 5.03. The van der Waals surface area contributed by atoms with Gasteiger partial charge in [0.25, 0.3) is 5.91 Å². The lowest BCUT2D eigenvalue weighted by Crippen LogP contribution is -2.41. The van der Waals surface area contributed by atoms with Crippen molar-refractivity contribution in [3.8, 4) is 0 Å². The number of carbonyl (C=O) groups excluding carboxylic acids is 2. The highest BCUT2D eigenvalue weighted by atomic mass is 32.2. The lowest BCUT2D eigenvalue weighted by Gasteiger charge is -2.31. The van der Waals surface area contributed by atoms with Crippen molar-refractivity contribution >= 4 is 21.7 Å². The van der Waals surface area contributed by atoms with E-state index in [1.807, 2.05) is 4.90 Å². The summed E-state index contributed by atoms with van der Waals surface area (Å²) < 4.78 is 23.0. The van der Waals surface area contributed by atoms with Crippen molar-refractivity contribution in [2.75, 3.05) is 32.4 Å². The van der Waals surface area contributed by atoms with Crippen LogP contribution in [0, 0.1) is 5.92 Å². The molecule has 0 aromatic heterocycles.